The Hall–Kier alpha value is -1.78. The molecule has 0 aromatic carbocycles. The van der Waals surface area contributed by atoms with E-state index in [2.05, 4.69) is 22.2 Å². The fourth-order valence-electron chi connectivity index (χ4n) is 2.75. The number of fused-ring (bicyclic) bond motifs is 1. The van der Waals surface area contributed by atoms with Gasteiger partial charge in [-0.1, -0.05) is 13.3 Å². The first-order valence-corrected chi connectivity index (χ1v) is 6.94. The van der Waals surface area contributed by atoms with Crippen LogP contribution < -0.4 is 10.1 Å². The van der Waals surface area contributed by atoms with Gasteiger partial charge in [-0.05, 0) is 25.2 Å². The Kier molecular flexibility index (Phi) is 3.27. The summed E-state index contributed by atoms with van der Waals surface area (Å²) in [4.78, 5) is 8.82. The zero-order chi connectivity index (χ0) is 13.2. The maximum atomic E-state index is 6.11. The highest BCUT2D eigenvalue weighted by atomic mass is 16.5. The van der Waals surface area contributed by atoms with Crippen LogP contribution in [0.1, 0.15) is 32.6 Å². The van der Waals surface area contributed by atoms with Gasteiger partial charge >= 0.3 is 0 Å². The lowest BCUT2D eigenvalue weighted by molar-refractivity contribution is 0.125. The highest BCUT2D eigenvalue weighted by Gasteiger charge is 2.22. The lowest BCUT2D eigenvalue weighted by Gasteiger charge is -2.27. The molecule has 0 spiro atoms. The van der Waals surface area contributed by atoms with Crippen LogP contribution in [0.2, 0.25) is 0 Å². The first kappa shape index (κ1) is 12.3. The molecule has 3 rings (SSSR count). The largest absolute Gasteiger partial charge is 0.472 e. The van der Waals surface area contributed by atoms with Crippen molar-refractivity contribution in [2.45, 2.75) is 38.7 Å². The van der Waals surface area contributed by atoms with Crippen molar-refractivity contribution in [1.29, 1.82) is 0 Å². The maximum Gasteiger partial charge on any atom is 0.260 e. The van der Waals surface area contributed by atoms with E-state index in [1.54, 1.807) is 6.20 Å². The molecule has 5 nitrogen and oxygen atoms in total. The van der Waals surface area contributed by atoms with Crippen molar-refractivity contribution < 1.29 is 4.74 Å². The summed E-state index contributed by atoms with van der Waals surface area (Å²) in [5.74, 6) is 2.17. The van der Waals surface area contributed by atoms with Crippen molar-refractivity contribution in [2.75, 3.05) is 12.4 Å². The van der Waals surface area contributed by atoms with Gasteiger partial charge in [-0.15, -0.1) is 0 Å². The zero-order valence-electron chi connectivity index (χ0n) is 11.5. The van der Waals surface area contributed by atoms with Gasteiger partial charge in [0.2, 0.25) is 5.65 Å². The number of ether oxygens (including phenoxy) is 1. The molecule has 2 heterocycles. The zero-order valence-corrected chi connectivity index (χ0v) is 11.5. The van der Waals surface area contributed by atoms with Crippen LogP contribution in [0.15, 0.2) is 18.6 Å². The third-order valence-corrected chi connectivity index (χ3v) is 3.77. The third-order valence-electron chi connectivity index (χ3n) is 3.77. The molecule has 1 fully saturated rings. The van der Waals surface area contributed by atoms with E-state index in [1.165, 1.54) is 12.8 Å². The molecule has 1 aliphatic rings. The van der Waals surface area contributed by atoms with E-state index in [0.717, 1.165) is 30.2 Å². The van der Waals surface area contributed by atoms with Crippen LogP contribution in [-0.4, -0.2) is 27.5 Å². The quantitative estimate of drug-likeness (QED) is 0.922. The average molecular weight is 260 g/mol. The highest BCUT2D eigenvalue weighted by molar-refractivity contribution is 5.53. The molecule has 0 bridgehead atoms. The monoisotopic (exact) mass is 260 g/mol. The van der Waals surface area contributed by atoms with Crippen molar-refractivity contribution in [3.05, 3.63) is 18.6 Å². The van der Waals surface area contributed by atoms with E-state index in [9.17, 15) is 0 Å². The molecule has 1 aliphatic carbocycles. The van der Waals surface area contributed by atoms with Gasteiger partial charge in [0, 0.05) is 19.4 Å². The van der Waals surface area contributed by atoms with E-state index in [4.69, 9.17) is 4.74 Å². The van der Waals surface area contributed by atoms with Gasteiger partial charge in [0.05, 0.1) is 6.20 Å². The Balaban J connectivity index is 1.88. The number of anilines is 1. The summed E-state index contributed by atoms with van der Waals surface area (Å²) in [5.41, 5.74) is 0.789. The summed E-state index contributed by atoms with van der Waals surface area (Å²) in [5, 5.41) is 3.06. The first-order chi connectivity index (χ1) is 9.26. The summed E-state index contributed by atoms with van der Waals surface area (Å²) in [6.45, 7) is 2.29. The molecule has 1 N–H and O–H groups in total. The van der Waals surface area contributed by atoms with Crippen LogP contribution in [0.5, 0.6) is 5.88 Å². The fourth-order valence-corrected chi connectivity index (χ4v) is 2.75. The number of hydrogen-bond donors (Lipinski definition) is 1. The van der Waals surface area contributed by atoms with Crippen LogP contribution in [0, 0.1) is 5.92 Å². The second kappa shape index (κ2) is 5.07. The van der Waals surface area contributed by atoms with E-state index >= 15 is 0 Å². The minimum absolute atomic E-state index is 0.267. The number of hydrogen-bond acceptors (Lipinski definition) is 4. The van der Waals surface area contributed by atoms with Gasteiger partial charge in [0.1, 0.15) is 11.9 Å². The molecule has 0 saturated heterocycles. The topological polar surface area (TPSA) is 51.5 Å². The molecule has 19 heavy (non-hydrogen) atoms. The molecule has 2 atom stereocenters. The van der Waals surface area contributed by atoms with E-state index < -0.39 is 0 Å². The second-order valence-electron chi connectivity index (χ2n) is 5.35. The van der Waals surface area contributed by atoms with Gasteiger partial charge in [0.15, 0.2) is 0 Å². The van der Waals surface area contributed by atoms with Gasteiger partial charge in [-0.25, -0.2) is 4.98 Å². The SMILES string of the molecule is CNc1cn2ccnc2c(OC2CCCC(C)C2)n1. The Morgan fingerprint density at radius 1 is 1.42 bits per heavy atom. The highest BCUT2D eigenvalue weighted by Crippen LogP contribution is 2.28. The number of nitrogens with one attached hydrogen (secondary N) is 1. The molecule has 1 saturated carbocycles. The minimum atomic E-state index is 0.267. The lowest BCUT2D eigenvalue weighted by atomic mass is 9.89. The smallest absolute Gasteiger partial charge is 0.260 e. The molecule has 5 heteroatoms. The van der Waals surface area contributed by atoms with Crippen LogP contribution in [0.25, 0.3) is 5.65 Å². The van der Waals surface area contributed by atoms with Crippen molar-refractivity contribution in [2.24, 2.45) is 5.92 Å². The van der Waals surface area contributed by atoms with Crippen LogP contribution in [-0.2, 0) is 0 Å². The predicted octanol–water partition coefficient (Wildman–Crippen LogP) is 2.73. The Morgan fingerprint density at radius 3 is 3.11 bits per heavy atom. The first-order valence-electron chi connectivity index (χ1n) is 6.94. The molecule has 2 aromatic rings. The number of rotatable bonds is 3. The molecular weight excluding hydrogens is 240 g/mol. The lowest BCUT2D eigenvalue weighted by Crippen LogP contribution is -2.24. The number of imidazole rings is 1. The Morgan fingerprint density at radius 2 is 2.32 bits per heavy atom. The van der Waals surface area contributed by atoms with Crippen LogP contribution in [0.4, 0.5) is 5.82 Å². The normalized spacial score (nSPS) is 23.5. The number of nitrogens with zero attached hydrogens (tertiary/aromatic N) is 3. The molecule has 0 aliphatic heterocycles. The van der Waals surface area contributed by atoms with Gasteiger partial charge < -0.3 is 10.1 Å². The van der Waals surface area contributed by atoms with Crippen molar-refractivity contribution >= 4 is 11.5 Å². The standard InChI is InChI=1S/C14H20N4O/c1-10-4-3-5-11(8-10)19-14-13-16-6-7-18(13)9-12(15-2)17-14/h6-7,9-11,15H,3-5,8H2,1-2H3. The summed E-state index contributed by atoms with van der Waals surface area (Å²) in [7, 11) is 1.86. The molecule has 102 valence electrons. The predicted molar refractivity (Wildman–Crippen MR) is 74.6 cm³/mol. The summed E-state index contributed by atoms with van der Waals surface area (Å²) < 4.78 is 8.05. The fraction of sp³-hybridized carbons (Fsp3) is 0.571. The summed E-state index contributed by atoms with van der Waals surface area (Å²) in [6.07, 6.45) is 10.6. The number of aromatic nitrogens is 3. The molecule has 2 unspecified atom stereocenters. The minimum Gasteiger partial charge on any atom is -0.472 e. The van der Waals surface area contributed by atoms with E-state index in [1.807, 2.05) is 23.8 Å². The van der Waals surface area contributed by atoms with E-state index in [-0.39, 0.29) is 6.10 Å². The average Bonchev–Trinajstić information content (AvgIpc) is 2.87. The Bertz CT molecular complexity index is 566. The van der Waals surface area contributed by atoms with Crippen molar-refractivity contribution in [3.8, 4) is 5.88 Å². The molecular formula is C14H20N4O. The van der Waals surface area contributed by atoms with Gasteiger partial charge in [-0.2, -0.15) is 4.98 Å². The van der Waals surface area contributed by atoms with Crippen molar-refractivity contribution in [1.82, 2.24) is 14.4 Å². The second-order valence-corrected chi connectivity index (χ2v) is 5.35. The Labute approximate surface area is 113 Å². The third kappa shape index (κ3) is 2.50. The van der Waals surface area contributed by atoms with Crippen molar-refractivity contribution in [3.63, 3.8) is 0 Å². The molecule has 0 amide bonds. The molecule has 0 radical (unpaired) electrons. The van der Waals surface area contributed by atoms with Gasteiger partial charge in [0.25, 0.3) is 5.88 Å². The van der Waals surface area contributed by atoms with Crippen LogP contribution >= 0.6 is 0 Å². The molecule has 2 aromatic heterocycles. The van der Waals surface area contributed by atoms with E-state index in [0.29, 0.717) is 5.88 Å². The van der Waals surface area contributed by atoms with Crippen LogP contribution in [0.3, 0.4) is 0 Å². The summed E-state index contributed by atoms with van der Waals surface area (Å²) in [6, 6.07) is 0. The maximum absolute atomic E-state index is 6.11. The summed E-state index contributed by atoms with van der Waals surface area (Å²) >= 11 is 0. The van der Waals surface area contributed by atoms with Gasteiger partial charge in [-0.3, -0.25) is 4.40 Å².